The number of allylic oxidation sites excluding steroid dienone is 2. The number of fused-ring (bicyclic) bond motifs is 5. The molecule has 3 amide bonds. The van der Waals surface area contributed by atoms with Gasteiger partial charge in [-0.15, -0.1) is 0 Å². The number of ether oxygens (including phenoxy) is 1. The Kier molecular flexibility index (Phi) is 4.40. The number of imide groups is 1. The predicted octanol–water partition coefficient (Wildman–Crippen LogP) is 3.91. The number of amides is 3. The molecule has 152 valence electrons. The van der Waals surface area contributed by atoms with Gasteiger partial charge < -0.3 is 10.1 Å². The molecule has 2 bridgehead atoms. The number of hydrogen-bond acceptors (Lipinski definition) is 4. The van der Waals surface area contributed by atoms with Crippen molar-refractivity contribution in [1.82, 2.24) is 0 Å². The summed E-state index contributed by atoms with van der Waals surface area (Å²) in [4.78, 5) is 40.1. The van der Waals surface area contributed by atoms with Crippen molar-refractivity contribution in [3.05, 3.63) is 65.2 Å². The van der Waals surface area contributed by atoms with E-state index in [1.54, 1.807) is 42.5 Å². The highest BCUT2D eigenvalue weighted by molar-refractivity contribution is 6.31. The van der Waals surface area contributed by atoms with Crippen LogP contribution in [0.2, 0.25) is 5.02 Å². The van der Waals surface area contributed by atoms with Gasteiger partial charge in [-0.25, -0.2) is 4.90 Å². The average Bonchev–Trinajstić information content (AvgIpc) is 3.42. The highest BCUT2D eigenvalue weighted by Crippen LogP contribution is 2.53. The molecule has 30 heavy (non-hydrogen) atoms. The molecular formula is C23H19ClN2O4. The number of anilines is 2. The molecule has 2 aromatic carbocycles. The van der Waals surface area contributed by atoms with Crippen molar-refractivity contribution in [3.8, 4) is 5.75 Å². The summed E-state index contributed by atoms with van der Waals surface area (Å²) >= 11 is 6.03. The van der Waals surface area contributed by atoms with E-state index in [0.717, 1.165) is 6.42 Å². The molecule has 0 spiro atoms. The first kappa shape index (κ1) is 18.9. The Bertz CT molecular complexity index is 1080. The number of benzene rings is 2. The number of rotatable bonds is 4. The van der Waals surface area contributed by atoms with E-state index in [0.29, 0.717) is 27.7 Å². The molecule has 6 nitrogen and oxygen atoms in total. The fourth-order valence-corrected chi connectivity index (χ4v) is 5.09. The molecule has 5 rings (SSSR count). The summed E-state index contributed by atoms with van der Waals surface area (Å²) in [5.41, 5.74) is 1.18. The number of carbonyl (C=O) groups is 3. The summed E-state index contributed by atoms with van der Waals surface area (Å²) in [6.07, 6.45) is 5.00. The molecule has 2 aliphatic carbocycles. The molecular weight excluding hydrogens is 404 g/mol. The van der Waals surface area contributed by atoms with Gasteiger partial charge in [0, 0.05) is 10.6 Å². The monoisotopic (exact) mass is 422 g/mol. The Morgan fingerprint density at radius 3 is 2.43 bits per heavy atom. The third kappa shape index (κ3) is 2.82. The van der Waals surface area contributed by atoms with Gasteiger partial charge in [-0.3, -0.25) is 14.4 Å². The van der Waals surface area contributed by atoms with Crippen LogP contribution < -0.4 is 15.0 Å². The zero-order valence-corrected chi connectivity index (χ0v) is 16.9. The molecule has 1 heterocycles. The average molecular weight is 423 g/mol. The second-order valence-corrected chi connectivity index (χ2v) is 8.30. The predicted molar refractivity (Wildman–Crippen MR) is 113 cm³/mol. The lowest BCUT2D eigenvalue weighted by molar-refractivity contribution is -0.123. The van der Waals surface area contributed by atoms with Crippen molar-refractivity contribution in [1.29, 1.82) is 0 Å². The first-order chi connectivity index (χ1) is 14.5. The molecule has 1 aliphatic heterocycles. The van der Waals surface area contributed by atoms with E-state index >= 15 is 0 Å². The maximum atomic E-state index is 13.0. The van der Waals surface area contributed by atoms with E-state index in [1.165, 1.54) is 12.0 Å². The molecule has 1 N–H and O–H groups in total. The number of carbonyl (C=O) groups excluding carboxylic acids is 3. The minimum Gasteiger partial charge on any atom is -0.495 e. The van der Waals surface area contributed by atoms with Crippen LogP contribution in [-0.2, 0) is 9.59 Å². The zero-order valence-electron chi connectivity index (χ0n) is 16.2. The molecule has 1 saturated heterocycles. The molecule has 3 aliphatic rings. The van der Waals surface area contributed by atoms with E-state index in [2.05, 4.69) is 17.5 Å². The first-order valence-corrected chi connectivity index (χ1v) is 10.2. The van der Waals surface area contributed by atoms with Crippen molar-refractivity contribution >= 4 is 40.7 Å². The van der Waals surface area contributed by atoms with Crippen LogP contribution in [0.25, 0.3) is 0 Å². The maximum Gasteiger partial charge on any atom is 0.255 e. The number of hydrogen-bond donors (Lipinski definition) is 1. The smallest absolute Gasteiger partial charge is 0.255 e. The molecule has 2 fully saturated rings. The van der Waals surface area contributed by atoms with Gasteiger partial charge in [-0.1, -0.05) is 29.8 Å². The lowest BCUT2D eigenvalue weighted by Gasteiger charge is -2.18. The minimum atomic E-state index is -0.390. The molecule has 7 heteroatoms. The standard InChI is InChI=1S/C23H19ClN2O4/c1-30-18-8-7-15(24)11-17(18)25-21(27)14-3-2-4-16(10-14)26-22(28)19-12-5-6-13(9-12)20(19)23(26)29/h2-8,10-13,19-20H,9H2,1H3,(H,25,27)/t12-,13+,19+,20-. The van der Waals surface area contributed by atoms with Gasteiger partial charge in [0.1, 0.15) is 5.75 Å². The van der Waals surface area contributed by atoms with E-state index in [1.807, 2.05) is 0 Å². The van der Waals surface area contributed by atoms with Crippen LogP contribution in [0.3, 0.4) is 0 Å². The molecule has 0 unspecified atom stereocenters. The van der Waals surface area contributed by atoms with Crippen LogP contribution >= 0.6 is 11.6 Å². The lowest BCUT2D eigenvalue weighted by atomic mass is 9.85. The SMILES string of the molecule is COc1ccc(Cl)cc1NC(=O)c1cccc(N2C(=O)[C@@H]3[C@H](C2=O)[C@H]2C=C[C@@H]3C2)c1. The largest absolute Gasteiger partial charge is 0.495 e. The summed E-state index contributed by atoms with van der Waals surface area (Å²) < 4.78 is 5.26. The van der Waals surface area contributed by atoms with Crippen molar-refractivity contribution in [2.45, 2.75) is 6.42 Å². The number of halogens is 1. The highest BCUT2D eigenvalue weighted by atomic mass is 35.5. The van der Waals surface area contributed by atoms with Gasteiger partial charge in [0.05, 0.1) is 30.3 Å². The molecule has 0 radical (unpaired) electrons. The molecule has 1 saturated carbocycles. The quantitative estimate of drug-likeness (QED) is 0.598. The van der Waals surface area contributed by atoms with Gasteiger partial charge in [-0.2, -0.15) is 0 Å². The van der Waals surface area contributed by atoms with Crippen LogP contribution in [0.15, 0.2) is 54.6 Å². The third-order valence-electron chi connectivity index (χ3n) is 6.25. The summed E-state index contributed by atoms with van der Waals surface area (Å²) in [5, 5.41) is 3.24. The van der Waals surface area contributed by atoms with Crippen molar-refractivity contribution in [2.75, 3.05) is 17.3 Å². The summed E-state index contributed by atoms with van der Waals surface area (Å²) in [6, 6.07) is 11.5. The summed E-state index contributed by atoms with van der Waals surface area (Å²) in [7, 11) is 1.50. The Morgan fingerprint density at radius 2 is 1.77 bits per heavy atom. The van der Waals surface area contributed by atoms with E-state index in [4.69, 9.17) is 16.3 Å². The highest BCUT2D eigenvalue weighted by Gasteiger charge is 2.59. The van der Waals surface area contributed by atoms with E-state index in [-0.39, 0.29) is 35.5 Å². The number of nitrogens with zero attached hydrogens (tertiary/aromatic N) is 1. The number of methoxy groups -OCH3 is 1. The molecule has 2 aromatic rings. The normalized spacial score (nSPS) is 26.3. The van der Waals surface area contributed by atoms with Gasteiger partial charge in [0.25, 0.3) is 5.91 Å². The Morgan fingerprint density at radius 1 is 1.07 bits per heavy atom. The fraction of sp³-hybridized carbons (Fsp3) is 0.261. The lowest BCUT2D eigenvalue weighted by Crippen LogP contribution is -2.33. The second-order valence-electron chi connectivity index (χ2n) is 7.86. The van der Waals surface area contributed by atoms with Gasteiger partial charge in [-0.05, 0) is 54.7 Å². The first-order valence-electron chi connectivity index (χ1n) is 9.79. The van der Waals surface area contributed by atoms with Crippen LogP contribution in [-0.4, -0.2) is 24.8 Å². The maximum absolute atomic E-state index is 13.0. The Labute approximate surface area is 178 Å². The molecule has 4 atom stereocenters. The van der Waals surface area contributed by atoms with E-state index in [9.17, 15) is 14.4 Å². The van der Waals surface area contributed by atoms with Crippen LogP contribution in [0.1, 0.15) is 16.8 Å². The van der Waals surface area contributed by atoms with Crippen molar-refractivity contribution in [3.63, 3.8) is 0 Å². The Balaban J connectivity index is 1.41. The molecule has 0 aromatic heterocycles. The Hall–Kier alpha value is -3.12. The third-order valence-corrected chi connectivity index (χ3v) is 6.48. The van der Waals surface area contributed by atoms with Gasteiger partial charge in [0.15, 0.2) is 0 Å². The van der Waals surface area contributed by atoms with Gasteiger partial charge in [0.2, 0.25) is 11.8 Å². The van der Waals surface area contributed by atoms with Crippen molar-refractivity contribution in [2.24, 2.45) is 23.7 Å². The number of nitrogens with one attached hydrogen (secondary N) is 1. The van der Waals surface area contributed by atoms with Crippen LogP contribution in [0.5, 0.6) is 5.75 Å². The topological polar surface area (TPSA) is 75.7 Å². The zero-order chi connectivity index (χ0) is 21.0. The van der Waals surface area contributed by atoms with Crippen LogP contribution in [0, 0.1) is 23.7 Å². The summed E-state index contributed by atoms with van der Waals surface area (Å²) in [6.45, 7) is 0. The second kappa shape index (κ2) is 6.99. The van der Waals surface area contributed by atoms with Gasteiger partial charge >= 0.3 is 0 Å². The van der Waals surface area contributed by atoms with E-state index < -0.39 is 5.91 Å². The van der Waals surface area contributed by atoms with Crippen LogP contribution in [0.4, 0.5) is 11.4 Å². The minimum absolute atomic E-state index is 0.142. The summed E-state index contributed by atoms with van der Waals surface area (Å²) in [5.74, 6) is -0.525. The van der Waals surface area contributed by atoms with Crippen molar-refractivity contribution < 1.29 is 19.1 Å². The fourth-order valence-electron chi connectivity index (χ4n) is 4.92.